The molecular weight excluding hydrogens is 320 g/mol. The van der Waals surface area contributed by atoms with Crippen molar-refractivity contribution in [2.45, 2.75) is 43.7 Å². The van der Waals surface area contributed by atoms with E-state index in [1.54, 1.807) is 12.1 Å². The maximum atomic E-state index is 12.0. The molecule has 0 amide bonds. The number of pyridine rings is 1. The smallest absolute Gasteiger partial charge is 0.253 e. The Morgan fingerprint density at radius 1 is 1.20 bits per heavy atom. The highest BCUT2D eigenvalue weighted by Gasteiger charge is 2.47. The highest BCUT2D eigenvalue weighted by Crippen LogP contribution is 2.42. The Bertz CT molecular complexity index is 894. The van der Waals surface area contributed by atoms with Gasteiger partial charge in [0.25, 0.3) is 10.9 Å². The molecule has 1 aromatic heterocycles. The first-order valence-corrected chi connectivity index (χ1v) is 8.50. The molecule has 2 aliphatic rings. The largest absolute Gasteiger partial charge is 0.374 e. The van der Waals surface area contributed by atoms with E-state index in [-0.39, 0.29) is 17.3 Å². The molecule has 2 aromatic rings. The Hall–Kier alpha value is -2.72. The minimum Gasteiger partial charge on any atom is -0.374 e. The SMILES string of the molecule is N#Cc1ccc(Nc2c(NC3CCCC34CCCO4)c(=O)c2=O)nc1. The van der Waals surface area contributed by atoms with E-state index < -0.39 is 10.9 Å². The van der Waals surface area contributed by atoms with Crippen LogP contribution in [0.5, 0.6) is 0 Å². The number of rotatable bonds is 4. The fraction of sp³-hybridized carbons (Fsp3) is 0.444. The van der Waals surface area contributed by atoms with Gasteiger partial charge in [0.2, 0.25) is 0 Å². The summed E-state index contributed by atoms with van der Waals surface area (Å²) in [5.41, 5.74) is -0.270. The van der Waals surface area contributed by atoms with E-state index in [1.807, 2.05) is 6.07 Å². The van der Waals surface area contributed by atoms with Crippen molar-refractivity contribution in [1.29, 1.82) is 5.26 Å². The van der Waals surface area contributed by atoms with E-state index in [2.05, 4.69) is 15.6 Å². The summed E-state index contributed by atoms with van der Waals surface area (Å²) in [7, 11) is 0. The minimum atomic E-state index is -0.548. The second-order valence-electron chi connectivity index (χ2n) is 6.68. The predicted octanol–water partition coefficient (Wildman–Crippen LogP) is 1.81. The van der Waals surface area contributed by atoms with Crippen molar-refractivity contribution in [3.8, 4) is 6.07 Å². The molecule has 7 nitrogen and oxygen atoms in total. The lowest BCUT2D eigenvalue weighted by atomic mass is 9.93. The van der Waals surface area contributed by atoms with Gasteiger partial charge in [-0.3, -0.25) is 9.59 Å². The molecule has 1 saturated carbocycles. The zero-order valence-electron chi connectivity index (χ0n) is 13.7. The fourth-order valence-corrected chi connectivity index (χ4v) is 3.92. The summed E-state index contributed by atoms with van der Waals surface area (Å²) in [6, 6.07) is 5.25. The molecule has 7 heteroatoms. The molecule has 4 rings (SSSR count). The van der Waals surface area contributed by atoms with Crippen molar-refractivity contribution in [2.24, 2.45) is 0 Å². The predicted molar refractivity (Wildman–Crippen MR) is 92.8 cm³/mol. The van der Waals surface area contributed by atoms with Crippen LogP contribution < -0.4 is 21.5 Å². The normalized spacial score (nSPS) is 25.3. The summed E-state index contributed by atoms with van der Waals surface area (Å²) >= 11 is 0. The maximum absolute atomic E-state index is 12.0. The molecule has 1 saturated heterocycles. The second kappa shape index (κ2) is 5.97. The van der Waals surface area contributed by atoms with E-state index >= 15 is 0 Å². The molecule has 128 valence electrons. The number of hydrogen-bond acceptors (Lipinski definition) is 7. The standard InChI is InChI=1S/C18H18N4O3/c19-9-11-4-5-13(20-10-11)22-15-14(16(23)17(15)24)21-12-3-1-6-18(12)7-2-8-25-18/h4-5,10,12,21H,1-3,6-8H2,(H,20,22). The second-order valence-corrected chi connectivity index (χ2v) is 6.68. The van der Waals surface area contributed by atoms with Crippen molar-refractivity contribution in [1.82, 2.24) is 4.98 Å². The van der Waals surface area contributed by atoms with Crippen molar-refractivity contribution >= 4 is 17.2 Å². The summed E-state index contributed by atoms with van der Waals surface area (Å²) < 4.78 is 5.98. The van der Waals surface area contributed by atoms with Gasteiger partial charge in [-0.15, -0.1) is 0 Å². The first-order valence-electron chi connectivity index (χ1n) is 8.50. The average molecular weight is 338 g/mol. The lowest BCUT2D eigenvalue weighted by Gasteiger charge is -2.32. The Balaban J connectivity index is 1.55. The molecule has 2 heterocycles. The van der Waals surface area contributed by atoms with E-state index in [9.17, 15) is 9.59 Å². The lowest BCUT2D eigenvalue weighted by molar-refractivity contribution is 0.00274. The van der Waals surface area contributed by atoms with Crippen LogP contribution in [0.4, 0.5) is 17.2 Å². The van der Waals surface area contributed by atoms with E-state index in [4.69, 9.17) is 10.00 Å². The minimum absolute atomic E-state index is 0.0489. The fourth-order valence-electron chi connectivity index (χ4n) is 3.92. The Morgan fingerprint density at radius 2 is 2.00 bits per heavy atom. The zero-order valence-corrected chi connectivity index (χ0v) is 13.7. The Morgan fingerprint density at radius 3 is 2.68 bits per heavy atom. The molecule has 2 unspecified atom stereocenters. The molecule has 1 aliphatic heterocycles. The first kappa shape index (κ1) is 15.8. The highest BCUT2D eigenvalue weighted by atomic mass is 16.5. The first-order chi connectivity index (χ1) is 12.1. The molecular formula is C18H18N4O3. The summed E-state index contributed by atoms with van der Waals surface area (Å²) in [5, 5.41) is 15.0. The van der Waals surface area contributed by atoms with Crippen LogP contribution >= 0.6 is 0 Å². The monoisotopic (exact) mass is 338 g/mol. The van der Waals surface area contributed by atoms with E-state index in [0.717, 1.165) is 38.7 Å². The van der Waals surface area contributed by atoms with Gasteiger partial charge in [0.1, 0.15) is 23.3 Å². The third-order valence-electron chi connectivity index (χ3n) is 5.24. The molecule has 2 atom stereocenters. The summed E-state index contributed by atoms with van der Waals surface area (Å²) in [6.45, 7) is 0.754. The zero-order chi connectivity index (χ0) is 17.4. The van der Waals surface area contributed by atoms with Gasteiger partial charge in [0.05, 0.1) is 17.2 Å². The van der Waals surface area contributed by atoms with Gasteiger partial charge < -0.3 is 15.4 Å². The average Bonchev–Trinajstić information content (AvgIpc) is 3.28. The number of anilines is 3. The quantitative estimate of drug-likeness (QED) is 0.819. The maximum Gasteiger partial charge on any atom is 0.253 e. The summed E-state index contributed by atoms with van der Waals surface area (Å²) in [5.74, 6) is 0.424. The third-order valence-corrected chi connectivity index (χ3v) is 5.24. The number of hydrogen-bond donors (Lipinski definition) is 2. The number of nitriles is 1. The van der Waals surface area contributed by atoms with Crippen LogP contribution in [0, 0.1) is 11.3 Å². The van der Waals surface area contributed by atoms with Crippen molar-refractivity contribution in [2.75, 3.05) is 17.2 Å². The van der Waals surface area contributed by atoms with Crippen molar-refractivity contribution < 1.29 is 4.74 Å². The van der Waals surface area contributed by atoms with Crippen LogP contribution in [-0.2, 0) is 4.74 Å². The summed E-state index contributed by atoms with van der Waals surface area (Å²) in [4.78, 5) is 28.1. The Labute approximate surface area is 144 Å². The molecule has 2 N–H and O–H groups in total. The van der Waals surface area contributed by atoms with Gasteiger partial charge in [-0.05, 0) is 44.2 Å². The molecule has 0 bridgehead atoms. The molecule has 1 spiro atoms. The van der Waals surface area contributed by atoms with Gasteiger partial charge in [-0.1, -0.05) is 0 Å². The number of nitrogens with zero attached hydrogens (tertiary/aromatic N) is 2. The van der Waals surface area contributed by atoms with Crippen LogP contribution in [-0.4, -0.2) is 23.2 Å². The van der Waals surface area contributed by atoms with Gasteiger partial charge in [0, 0.05) is 12.8 Å². The van der Waals surface area contributed by atoms with E-state index in [0.29, 0.717) is 17.1 Å². The number of nitrogens with one attached hydrogen (secondary N) is 2. The van der Waals surface area contributed by atoms with Gasteiger partial charge in [-0.25, -0.2) is 4.98 Å². The van der Waals surface area contributed by atoms with Crippen LogP contribution in [0.1, 0.15) is 37.7 Å². The van der Waals surface area contributed by atoms with Crippen LogP contribution in [0.15, 0.2) is 27.9 Å². The van der Waals surface area contributed by atoms with Crippen LogP contribution in [0.25, 0.3) is 0 Å². The van der Waals surface area contributed by atoms with Crippen molar-refractivity contribution in [3.05, 3.63) is 44.3 Å². The van der Waals surface area contributed by atoms with Crippen LogP contribution in [0.2, 0.25) is 0 Å². The molecule has 1 aromatic carbocycles. The third kappa shape index (κ3) is 2.59. The van der Waals surface area contributed by atoms with Crippen molar-refractivity contribution in [3.63, 3.8) is 0 Å². The van der Waals surface area contributed by atoms with Crippen LogP contribution in [0.3, 0.4) is 0 Å². The topological polar surface area (TPSA) is 104 Å². The molecule has 25 heavy (non-hydrogen) atoms. The van der Waals surface area contributed by atoms with Gasteiger partial charge >= 0.3 is 0 Å². The van der Waals surface area contributed by atoms with E-state index in [1.165, 1.54) is 6.20 Å². The highest BCUT2D eigenvalue weighted by molar-refractivity contribution is 5.78. The Kier molecular flexibility index (Phi) is 3.77. The molecule has 1 aliphatic carbocycles. The van der Waals surface area contributed by atoms with Gasteiger partial charge in [0.15, 0.2) is 0 Å². The number of aromatic nitrogens is 1. The van der Waals surface area contributed by atoms with Gasteiger partial charge in [-0.2, -0.15) is 5.26 Å². The molecule has 2 fully saturated rings. The lowest BCUT2D eigenvalue weighted by Crippen LogP contribution is -2.46. The molecule has 0 radical (unpaired) electrons. The number of ether oxygens (including phenoxy) is 1. The summed E-state index contributed by atoms with van der Waals surface area (Å²) in [6.07, 6.45) is 6.39.